The van der Waals surface area contributed by atoms with Crippen LogP contribution in [0.4, 0.5) is 0 Å². The van der Waals surface area contributed by atoms with Crippen LogP contribution in [0.15, 0.2) is 24.3 Å². The average Bonchev–Trinajstić information content (AvgIpc) is 2.08. The van der Waals surface area contributed by atoms with Crippen molar-refractivity contribution in [3.05, 3.63) is 35.9 Å². The van der Waals surface area contributed by atoms with Crippen molar-refractivity contribution in [3.8, 4) is 0 Å². The molecule has 0 aliphatic carbocycles. The Morgan fingerprint density at radius 2 is 1.53 bits per heavy atom. The minimum atomic E-state index is 0. The molecule has 0 aromatic heterocycles. The first kappa shape index (κ1) is 24.1. The number of hydrogen-bond donors (Lipinski definition) is 2. The summed E-state index contributed by atoms with van der Waals surface area (Å²) in [5.41, 5.74) is 1.51. The molecule has 0 unspecified atom stereocenters. The Balaban J connectivity index is -0.000000114. The van der Waals surface area contributed by atoms with E-state index in [-0.39, 0.29) is 35.8 Å². The summed E-state index contributed by atoms with van der Waals surface area (Å²) in [5, 5.41) is 0. The van der Waals surface area contributed by atoms with Gasteiger partial charge in [0.05, 0.1) is 0 Å². The molecule has 0 aliphatic heterocycles. The first-order valence-corrected chi connectivity index (χ1v) is 3.91. The summed E-state index contributed by atoms with van der Waals surface area (Å²) in [6.07, 6.45) is 0. The zero-order valence-electron chi connectivity index (χ0n) is 9.21. The maximum Gasteiger partial charge on any atom is 3.00 e. The molecular weight excluding hydrogens is 281 g/mol. The standard InChI is InChI=1S/C10H13.H4N2.2H2O.Ru/c1-10(2,3)9-7-5-4-6-8-9;1-2;;;/h4-7H,1-3H3;1-2H2;2*1H2;/q-1;;;;+3/p-2. The maximum atomic E-state index is 4.00. The second-order valence-electron chi connectivity index (χ2n) is 3.53. The van der Waals surface area contributed by atoms with Gasteiger partial charge >= 0.3 is 19.5 Å². The van der Waals surface area contributed by atoms with Crippen molar-refractivity contribution >= 4 is 0 Å². The summed E-state index contributed by atoms with van der Waals surface area (Å²) in [7, 11) is 0. The van der Waals surface area contributed by atoms with Crippen LogP contribution in [-0.2, 0) is 24.9 Å². The van der Waals surface area contributed by atoms with E-state index < -0.39 is 0 Å². The van der Waals surface area contributed by atoms with Crippen LogP contribution < -0.4 is 11.7 Å². The average molecular weight is 300 g/mol. The molecule has 5 heteroatoms. The van der Waals surface area contributed by atoms with Gasteiger partial charge in [-0.15, -0.1) is 0 Å². The van der Waals surface area contributed by atoms with E-state index in [4.69, 9.17) is 0 Å². The predicted molar refractivity (Wildman–Crippen MR) is 56.2 cm³/mol. The third kappa shape index (κ3) is 9.98. The Morgan fingerprint density at radius 1 is 1.07 bits per heavy atom. The third-order valence-electron chi connectivity index (χ3n) is 1.52. The summed E-state index contributed by atoms with van der Waals surface area (Å²) in [4.78, 5) is 0. The Bertz CT molecular complexity index is 212. The van der Waals surface area contributed by atoms with E-state index in [0.29, 0.717) is 0 Å². The molecule has 1 rings (SSSR count). The second kappa shape index (κ2) is 11.8. The number of rotatable bonds is 0. The molecule has 0 saturated carbocycles. The quantitative estimate of drug-likeness (QED) is 0.325. The van der Waals surface area contributed by atoms with E-state index in [0.717, 1.165) is 0 Å². The Kier molecular flexibility index (Phi) is 18.9. The fraction of sp³-hybridized carbons (Fsp3) is 0.400. The first-order chi connectivity index (χ1) is 5.61. The number of hydrogen-bond acceptors (Lipinski definition) is 4. The number of benzene rings is 1. The van der Waals surface area contributed by atoms with Crippen molar-refractivity contribution in [1.29, 1.82) is 0 Å². The molecule has 0 fully saturated rings. The van der Waals surface area contributed by atoms with Gasteiger partial charge in [0.2, 0.25) is 0 Å². The van der Waals surface area contributed by atoms with Gasteiger partial charge in [0.15, 0.2) is 0 Å². The molecule has 6 N–H and O–H groups in total. The van der Waals surface area contributed by atoms with Crippen LogP contribution in [-0.4, -0.2) is 11.0 Å². The normalized spacial score (nSPS) is 8.07. The minimum absolute atomic E-state index is 0. The Hall–Kier alpha value is -0.317. The molecule has 1 aromatic rings. The van der Waals surface area contributed by atoms with Gasteiger partial charge in [0.1, 0.15) is 0 Å². The molecule has 15 heavy (non-hydrogen) atoms. The van der Waals surface area contributed by atoms with Crippen LogP contribution in [0.25, 0.3) is 0 Å². The summed E-state index contributed by atoms with van der Waals surface area (Å²) in [6, 6.07) is 11.3. The molecule has 1 aromatic carbocycles. The molecule has 0 aliphatic rings. The van der Waals surface area contributed by atoms with Crippen LogP contribution in [0.1, 0.15) is 26.3 Å². The third-order valence-corrected chi connectivity index (χ3v) is 1.52. The monoisotopic (exact) mass is 301 g/mol. The van der Waals surface area contributed by atoms with E-state index in [2.05, 4.69) is 50.7 Å². The van der Waals surface area contributed by atoms with Gasteiger partial charge in [0, 0.05) is 0 Å². The van der Waals surface area contributed by atoms with Crippen LogP contribution in [0.5, 0.6) is 0 Å². The van der Waals surface area contributed by atoms with E-state index in [9.17, 15) is 0 Å². The SMILES string of the molecule is CC(C)(C)c1[c-]cccc1.NN.[OH-].[OH-].[Ru+3]. The predicted octanol–water partition coefficient (Wildman–Crippen LogP) is 1.25. The smallest absolute Gasteiger partial charge is 0.870 e. The van der Waals surface area contributed by atoms with Gasteiger partial charge in [-0.05, 0) is 5.41 Å². The van der Waals surface area contributed by atoms with Crippen LogP contribution >= 0.6 is 0 Å². The Labute approximate surface area is 104 Å². The fourth-order valence-electron chi connectivity index (χ4n) is 0.860. The van der Waals surface area contributed by atoms with Crippen LogP contribution in [0.3, 0.4) is 0 Å². The Morgan fingerprint density at radius 3 is 1.73 bits per heavy atom. The van der Waals surface area contributed by atoms with Gasteiger partial charge in [-0.3, -0.25) is 11.7 Å². The maximum absolute atomic E-state index is 4.00. The zero-order chi connectivity index (χ0) is 9.61. The van der Waals surface area contributed by atoms with E-state index in [1.165, 1.54) is 5.56 Å². The van der Waals surface area contributed by atoms with Crippen molar-refractivity contribution in [1.82, 2.24) is 0 Å². The van der Waals surface area contributed by atoms with Crippen molar-refractivity contribution in [3.63, 3.8) is 0 Å². The van der Waals surface area contributed by atoms with E-state index in [1.54, 1.807) is 0 Å². The molecule has 0 atom stereocenters. The number of nitrogens with two attached hydrogens (primary N) is 2. The van der Waals surface area contributed by atoms with Crippen molar-refractivity contribution in [2.75, 3.05) is 0 Å². The minimum Gasteiger partial charge on any atom is -0.870 e. The molecule has 89 valence electrons. The van der Waals surface area contributed by atoms with Crippen LogP contribution in [0.2, 0.25) is 0 Å². The number of hydrazine groups is 1. The fourth-order valence-corrected chi connectivity index (χ4v) is 0.860. The van der Waals surface area contributed by atoms with Gasteiger partial charge in [-0.2, -0.15) is 35.9 Å². The molecule has 1 radical (unpaired) electrons. The topological polar surface area (TPSA) is 112 Å². The first-order valence-electron chi connectivity index (χ1n) is 3.91. The molecule has 0 saturated heterocycles. The van der Waals surface area contributed by atoms with Crippen molar-refractivity contribution in [2.24, 2.45) is 11.7 Å². The van der Waals surface area contributed by atoms with E-state index >= 15 is 0 Å². The molecule has 0 heterocycles. The van der Waals surface area contributed by atoms with Gasteiger partial charge < -0.3 is 11.0 Å². The second-order valence-corrected chi connectivity index (χ2v) is 3.53. The van der Waals surface area contributed by atoms with Gasteiger partial charge in [0.25, 0.3) is 0 Å². The van der Waals surface area contributed by atoms with E-state index in [1.807, 2.05) is 12.1 Å². The molecule has 4 nitrogen and oxygen atoms in total. The summed E-state index contributed by atoms with van der Waals surface area (Å²) in [6.45, 7) is 6.58. The molecule has 0 spiro atoms. The van der Waals surface area contributed by atoms with Crippen molar-refractivity contribution < 1.29 is 30.4 Å². The van der Waals surface area contributed by atoms with Gasteiger partial charge in [-0.25, -0.2) is 0 Å². The summed E-state index contributed by atoms with van der Waals surface area (Å²) < 4.78 is 0. The van der Waals surface area contributed by atoms with Crippen molar-refractivity contribution in [2.45, 2.75) is 26.2 Å². The molecule has 0 amide bonds. The van der Waals surface area contributed by atoms with Crippen LogP contribution in [0, 0.1) is 6.07 Å². The summed E-state index contributed by atoms with van der Waals surface area (Å²) >= 11 is 0. The molecule has 0 bridgehead atoms. The van der Waals surface area contributed by atoms with Gasteiger partial charge in [-0.1, -0.05) is 20.8 Å². The zero-order valence-corrected chi connectivity index (χ0v) is 11.0. The molecular formula is C10H19N2O2Ru. The summed E-state index contributed by atoms with van der Waals surface area (Å²) in [5.74, 6) is 8.00. The largest absolute Gasteiger partial charge is 3.00 e.